The van der Waals surface area contributed by atoms with E-state index in [1.54, 1.807) is 28.8 Å². The number of benzene rings is 2. The third-order valence-corrected chi connectivity index (χ3v) is 3.31. The molecule has 0 saturated heterocycles. The Morgan fingerprint density at radius 1 is 1.25 bits per heavy atom. The summed E-state index contributed by atoms with van der Waals surface area (Å²) in [5, 5.41) is 9.22. The van der Waals surface area contributed by atoms with Gasteiger partial charge >= 0.3 is 0 Å². The SMILES string of the molecule is N#Cc1ccccc1-n1c(CCl)nc2ccc(F)cc21. The van der Waals surface area contributed by atoms with E-state index < -0.39 is 0 Å². The van der Waals surface area contributed by atoms with E-state index in [1.165, 1.54) is 12.1 Å². The molecule has 0 aliphatic carbocycles. The molecular weight excluding hydrogens is 277 g/mol. The van der Waals surface area contributed by atoms with E-state index >= 15 is 0 Å². The Balaban J connectivity index is 2.40. The van der Waals surface area contributed by atoms with Crippen LogP contribution in [0, 0.1) is 17.1 Å². The molecule has 0 atom stereocenters. The predicted molar refractivity (Wildman–Crippen MR) is 75.3 cm³/mol. The number of fused-ring (bicyclic) bond motifs is 1. The molecule has 3 rings (SSSR count). The quantitative estimate of drug-likeness (QED) is 0.673. The summed E-state index contributed by atoms with van der Waals surface area (Å²) in [6.45, 7) is 0. The van der Waals surface area contributed by atoms with Gasteiger partial charge in [0.2, 0.25) is 0 Å². The average molecular weight is 286 g/mol. The maximum absolute atomic E-state index is 13.5. The summed E-state index contributed by atoms with van der Waals surface area (Å²) in [4.78, 5) is 4.38. The van der Waals surface area contributed by atoms with Crippen molar-refractivity contribution in [2.45, 2.75) is 5.88 Å². The highest BCUT2D eigenvalue weighted by Gasteiger charge is 2.14. The second-order valence-electron chi connectivity index (χ2n) is 4.26. The minimum Gasteiger partial charge on any atom is -0.294 e. The summed E-state index contributed by atoms with van der Waals surface area (Å²) in [6, 6.07) is 13.6. The van der Waals surface area contributed by atoms with Gasteiger partial charge in [-0.3, -0.25) is 4.57 Å². The number of hydrogen-bond acceptors (Lipinski definition) is 2. The monoisotopic (exact) mass is 285 g/mol. The largest absolute Gasteiger partial charge is 0.294 e. The molecule has 2 aromatic carbocycles. The molecule has 1 heterocycles. The summed E-state index contributed by atoms with van der Waals surface area (Å²) in [5.41, 5.74) is 2.39. The Bertz CT molecular complexity index is 833. The first-order valence-corrected chi connectivity index (χ1v) is 6.50. The molecular formula is C15H9ClFN3. The van der Waals surface area contributed by atoms with Gasteiger partial charge in [-0.15, -0.1) is 11.6 Å². The molecule has 0 unspecified atom stereocenters. The first-order chi connectivity index (χ1) is 9.74. The molecule has 5 heteroatoms. The van der Waals surface area contributed by atoms with Crippen molar-refractivity contribution in [1.82, 2.24) is 9.55 Å². The van der Waals surface area contributed by atoms with Gasteiger partial charge in [0.05, 0.1) is 28.2 Å². The predicted octanol–water partition coefficient (Wildman–Crippen LogP) is 3.78. The van der Waals surface area contributed by atoms with E-state index in [1.807, 2.05) is 6.07 Å². The highest BCUT2D eigenvalue weighted by Crippen LogP contribution is 2.25. The van der Waals surface area contributed by atoms with Gasteiger partial charge in [0.1, 0.15) is 17.7 Å². The van der Waals surface area contributed by atoms with Crippen molar-refractivity contribution in [3.05, 3.63) is 59.7 Å². The van der Waals surface area contributed by atoms with Crippen LogP contribution in [0.2, 0.25) is 0 Å². The van der Waals surface area contributed by atoms with Crippen LogP contribution in [-0.2, 0) is 5.88 Å². The summed E-state index contributed by atoms with van der Waals surface area (Å²) < 4.78 is 15.2. The number of nitriles is 1. The zero-order valence-electron chi connectivity index (χ0n) is 10.3. The number of nitrogens with zero attached hydrogens (tertiary/aromatic N) is 3. The maximum Gasteiger partial charge on any atom is 0.129 e. The minimum atomic E-state index is -0.353. The van der Waals surface area contributed by atoms with Gasteiger partial charge < -0.3 is 0 Å². The first-order valence-electron chi connectivity index (χ1n) is 5.97. The first kappa shape index (κ1) is 12.6. The minimum absolute atomic E-state index is 0.177. The van der Waals surface area contributed by atoms with Crippen LogP contribution in [0.1, 0.15) is 11.4 Å². The number of imidazole rings is 1. The fourth-order valence-corrected chi connectivity index (χ4v) is 2.40. The standard InChI is InChI=1S/C15H9ClFN3/c16-8-15-19-12-6-5-11(17)7-14(12)20(15)13-4-2-1-3-10(13)9-18/h1-7H,8H2. The van der Waals surface area contributed by atoms with E-state index in [0.29, 0.717) is 28.1 Å². The molecule has 0 fully saturated rings. The molecule has 3 aromatic rings. The van der Waals surface area contributed by atoms with Crippen LogP contribution in [0.4, 0.5) is 4.39 Å². The van der Waals surface area contributed by atoms with Crippen molar-refractivity contribution in [1.29, 1.82) is 5.26 Å². The Morgan fingerprint density at radius 3 is 2.80 bits per heavy atom. The van der Waals surface area contributed by atoms with Crippen molar-refractivity contribution >= 4 is 22.6 Å². The van der Waals surface area contributed by atoms with E-state index in [-0.39, 0.29) is 11.7 Å². The van der Waals surface area contributed by atoms with Crippen molar-refractivity contribution in [3.63, 3.8) is 0 Å². The van der Waals surface area contributed by atoms with E-state index in [0.717, 1.165) is 0 Å². The smallest absolute Gasteiger partial charge is 0.129 e. The molecule has 0 radical (unpaired) electrons. The van der Waals surface area contributed by atoms with Crippen LogP contribution < -0.4 is 0 Å². The average Bonchev–Trinajstić information content (AvgIpc) is 2.84. The molecule has 3 nitrogen and oxygen atoms in total. The topological polar surface area (TPSA) is 41.6 Å². The summed E-state index contributed by atoms with van der Waals surface area (Å²) in [7, 11) is 0. The van der Waals surface area contributed by atoms with Gasteiger partial charge in [-0.05, 0) is 24.3 Å². The van der Waals surface area contributed by atoms with Gasteiger partial charge in [-0.1, -0.05) is 12.1 Å². The third-order valence-electron chi connectivity index (χ3n) is 3.07. The van der Waals surface area contributed by atoms with Gasteiger partial charge in [-0.25, -0.2) is 9.37 Å². The molecule has 0 N–H and O–H groups in total. The van der Waals surface area contributed by atoms with Crippen molar-refractivity contribution in [3.8, 4) is 11.8 Å². The molecule has 0 spiro atoms. The molecule has 0 amide bonds. The van der Waals surface area contributed by atoms with Crippen LogP contribution in [0.3, 0.4) is 0 Å². The zero-order chi connectivity index (χ0) is 14.1. The number of para-hydroxylation sites is 1. The van der Waals surface area contributed by atoms with Crippen LogP contribution in [0.5, 0.6) is 0 Å². The van der Waals surface area contributed by atoms with Crippen molar-refractivity contribution < 1.29 is 4.39 Å². The normalized spacial score (nSPS) is 10.7. The Hall–Kier alpha value is -2.38. The lowest BCUT2D eigenvalue weighted by molar-refractivity contribution is 0.629. The Kier molecular flexibility index (Phi) is 3.13. The number of aromatic nitrogens is 2. The van der Waals surface area contributed by atoms with Gasteiger partial charge in [0.15, 0.2) is 0 Å². The number of hydrogen-bond donors (Lipinski definition) is 0. The molecule has 98 valence electrons. The molecule has 1 aromatic heterocycles. The highest BCUT2D eigenvalue weighted by molar-refractivity contribution is 6.17. The lowest BCUT2D eigenvalue weighted by Crippen LogP contribution is -2.01. The summed E-state index contributed by atoms with van der Waals surface area (Å²) >= 11 is 5.93. The van der Waals surface area contributed by atoms with Crippen LogP contribution >= 0.6 is 11.6 Å². The number of rotatable bonds is 2. The fraction of sp³-hybridized carbons (Fsp3) is 0.0667. The summed E-state index contributed by atoms with van der Waals surface area (Å²) in [6.07, 6.45) is 0. The number of halogens is 2. The van der Waals surface area contributed by atoms with Crippen LogP contribution in [-0.4, -0.2) is 9.55 Å². The molecule has 0 aliphatic rings. The third kappa shape index (κ3) is 1.93. The molecule has 20 heavy (non-hydrogen) atoms. The Labute approximate surface area is 119 Å². The Morgan fingerprint density at radius 2 is 2.05 bits per heavy atom. The molecule has 0 saturated carbocycles. The van der Waals surface area contributed by atoms with Gasteiger partial charge in [0.25, 0.3) is 0 Å². The van der Waals surface area contributed by atoms with Crippen LogP contribution in [0.15, 0.2) is 42.5 Å². The summed E-state index contributed by atoms with van der Waals surface area (Å²) in [5.74, 6) is 0.403. The van der Waals surface area contributed by atoms with Crippen LogP contribution in [0.25, 0.3) is 16.7 Å². The number of alkyl halides is 1. The van der Waals surface area contributed by atoms with E-state index in [4.69, 9.17) is 11.6 Å². The molecule has 0 aliphatic heterocycles. The van der Waals surface area contributed by atoms with E-state index in [2.05, 4.69) is 11.1 Å². The van der Waals surface area contributed by atoms with Crippen molar-refractivity contribution in [2.75, 3.05) is 0 Å². The fourth-order valence-electron chi connectivity index (χ4n) is 2.22. The van der Waals surface area contributed by atoms with E-state index in [9.17, 15) is 9.65 Å². The molecule has 0 bridgehead atoms. The zero-order valence-corrected chi connectivity index (χ0v) is 11.1. The van der Waals surface area contributed by atoms with Gasteiger partial charge in [0, 0.05) is 6.07 Å². The van der Waals surface area contributed by atoms with Gasteiger partial charge in [-0.2, -0.15) is 5.26 Å². The lowest BCUT2D eigenvalue weighted by Gasteiger charge is -2.09. The highest BCUT2D eigenvalue weighted by atomic mass is 35.5. The lowest BCUT2D eigenvalue weighted by atomic mass is 10.2. The second-order valence-corrected chi connectivity index (χ2v) is 4.53. The second kappa shape index (κ2) is 4.95. The maximum atomic E-state index is 13.5. The van der Waals surface area contributed by atoms with Crippen molar-refractivity contribution in [2.24, 2.45) is 0 Å².